The molecule has 1 N–H and O–H groups in total. The number of rotatable bonds is 4. The summed E-state index contributed by atoms with van der Waals surface area (Å²) in [6.07, 6.45) is 1.43. The minimum Gasteiger partial charge on any atom is -0.478 e. The van der Waals surface area contributed by atoms with Gasteiger partial charge in [-0.2, -0.15) is 8.42 Å². The van der Waals surface area contributed by atoms with E-state index in [4.69, 9.17) is 4.74 Å². The molecule has 1 saturated heterocycles. The lowest BCUT2D eigenvalue weighted by Gasteiger charge is -2.38. The van der Waals surface area contributed by atoms with Crippen LogP contribution in [0.4, 0.5) is 10.1 Å². The van der Waals surface area contributed by atoms with Crippen molar-refractivity contribution in [2.75, 3.05) is 18.4 Å². The molecule has 0 aromatic heterocycles. The number of piperidine rings is 1. The topological polar surface area (TPSA) is 88.1 Å². The molecule has 164 valence electrons. The summed E-state index contributed by atoms with van der Waals surface area (Å²) in [6.45, 7) is 4.21. The van der Waals surface area contributed by atoms with Crippen molar-refractivity contribution in [3.8, 4) is 5.75 Å². The number of amides is 1. The number of para-hydroxylation sites is 1. The number of nitrogens with zero attached hydrogens (tertiary/aromatic N) is 2. The zero-order valence-corrected chi connectivity index (χ0v) is 18.2. The average molecular weight is 446 g/mol. The Bertz CT molecular complexity index is 1130. The van der Waals surface area contributed by atoms with Crippen LogP contribution >= 0.6 is 0 Å². The molecule has 1 atom stereocenters. The first-order valence-electron chi connectivity index (χ1n) is 10.1. The van der Waals surface area contributed by atoms with Crippen LogP contribution in [-0.2, 0) is 14.8 Å². The van der Waals surface area contributed by atoms with Crippen molar-refractivity contribution in [1.29, 1.82) is 0 Å². The van der Waals surface area contributed by atoms with Gasteiger partial charge < -0.3 is 15.0 Å². The molecule has 9 heteroatoms. The smallest absolute Gasteiger partial charge is 0.286 e. The second kappa shape index (κ2) is 7.96. The van der Waals surface area contributed by atoms with Crippen molar-refractivity contribution >= 4 is 27.5 Å². The molecule has 2 aliphatic heterocycles. The van der Waals surface area contributed by atoms with Crippen molar-refractivity contribution in [3.63, 3.8) is 0 Å². The van der Waals surface area contributed by atoms with Crippen LogP contribution in [0.5, 0.6) is 5.75 Å². The van der Waals surface area contributed by atoms with E-state index in [1.54, 1.807) is 36.9 Å². The number of likely N-dealkylation sites (tertiary alicyclic amines) is 1. The van der Waals surface area contributed by atoms with Crippen molar-refractivity contribution in [2.45, 2.75) is 37.2 Å². The largest absolute Gasteiger partial charge is 0.478 e. The fourth-order valence-corrected chi connectivity index (χ4v) is 5.12. The summed E-state index contributed by atoms with van der Waals surface area (Å²) in [5, 5.41) is 3.13. The van der Waals surface area contributed by atoms with E-state index in [9.17, 15) is 17.6 Å². The number of nitrogens with one attached hydrogen (secondary N) is 1. The molecule has 0 aliphatic carbocycles. The third-order valence-electron chi connectivity index (χ3n) is 5.44. The number of sulfonamides is 1. The van der Waals surface area contributed by atoms with Crippen LogP contribution in [0.3, 0.4) is 0 Å². The number of anilines is 1. The van der Waals surface area contributed by atoms with Gasteiger partial charge in [0.1, 0.15) is 22.3 Å². The van der Waals surface area contributed by atoms with E-state index in [0.29, 0.717) is 43.2 Å². The SMILES string of the molecule is CC(C)(Oc1ccc(F)cc1)C(=O)N1CCCC(C2=NS(=O)(=O)c3ccccc3N2)C1. The van der Waals surface area contributed by atoms with Gasteiger partial charge in [0.2, 0.25) is 0 Å². The lowest BCUT2D eigenvalue weighted by molar-refractivity contribution is -0.146. The third-order valence-corrected chi connectivity index (χ3v) is 6.79. The highest BCUT2D eigenvalue weighted by Crippen LogP contribution is 2.31. The van der Waals surface area contributed by atoms with Gasteiger partial charge in [0.25, 0.3) is 15.9 Å². The summed E-state index contributed by atoms with van der Waals surface area (Å²) in [5.41, 5.74) is -0.670. The Hall–Kier alpha value is -2.94. The quantitative estimate of drug-likeness (QED) is 0.779. The van der Waals surface area contributed by atoms with E-state index < -0.39 is 15.6 Å². The Morgan fingerprint density at radius 1 is 1.19 bits per heavy atom. The van der Waals surface area contributed by atoms with Crippen LogP contribution in [0, 0.1) is 11.7 Å². The predicted octanol–water partition coefficient (Wildman–Crippen LogP) is 3.43. The van der Waals surface area contributed by atoms with Crippen LogP contribution in [0.1, 0.15) is 26.7 Å². The lowest BCUT2D eigenvalue weighted by Crippen LogP contribution is -2.53. The molecule has 2 aromatic carbocycles. The molecule has 7 nitrogen and oxygen atoms in total. The number of hydrogen-bond acceptors (Lipinski definition) is 5. The Morgan fingerprint density at radius 3 is 2.65 bits per heavy atom. The maximum Gasteiger partial charge on any atom is 0.286 e. The van der Waals surface area contributed by atoms with Gasteiger partial charge in [-0.25, -0.2) is 4.39 Å². The third kappa shape index (κ3) is 4.41. The minimum atomic E-state index is -3.78. The van der Waals surface area contributed by atoms with Crippen LogP contribution < -0.4 is 10.1 Å². The lowest BCUT2D eigenvalue weighted by atomic mass is 9.94. The van der Waals surface area contributed by atoms with E-state index in [2.05, 4.69) is 9.71 Å². The summed E-state index contributed by atoms with van der Waals surface area (Å²) in [6, 6.07) is 12.1. The maximum absolute atomic E-state index is 13.2. The summed E-state index contributed by atoms with van der Waals surface area (Å²) in [4.78, 5) is 15.0. The number of carbonyl (C=O) groups is 1. The van der Waals surface area contributed by atoms with E-state index >= 15 is 0 Å². The molecule has 1 amide bonds. The van der Waals surface area contributed by atoms with Crippen LogP contribution in [-0.4, -0.2) is 43.8 Å². The van der Waals surface area contributed by atoms with Crippen LogP contribution in [0.2, 0.25) is 0 Å². The first-order valence-corrected chi connectivity index (χ1v) is 11.5. The van der Waals surface area contributed by atoms with E-state index in [1.807, 2.05) is 0 Å². The molecular formula is C22H24FN3O4S. The Kier molecular flexibility index (Phi) is 5.47. The standard InChI is InChI=1S/C22H24FN3O4S/c1-22(2,30-17-11-9-16(23)10-12-17)21(27)26-13-5-6-15(14-26)20-24-18-7-3-4-8-19(18)31(28,29)25-20/h3-4,7-12,15H,5-6,13-14H2,1-2H3,(H,24,25). The number of benzene rings is 2. The molecule has 0 radical (unpaired) electrons. The van der Waals surface area contributed by atoms with Gasteiger partial charge in [0.05, 0.1) is 5.69 Å². The molecule has 0 bridgehead atoms. The van der Waals surface area contributed by atoms with E-state index in [0.717, 1.165) is 0 Å². The summed E-state index contributed by atoms with van der Waals surface area (Å²) < 4.78 is 48.1. The van der Waals surface area contributed by atoms with E-state index in [1.165, 1.54) is 30.3 Å². The van der Waals surface area contributed by atoms with Gasteiger partial charge >= 0.3 is 0 Å². The fourth-order valence-electron chi connectivity index (χ4n) is 3.92. The maximum atomic E-state index is 13.2. The van der Waals surface area contributed by atoms with E-state index in [-0.39, 0.29) is 22.5 Å². The molecule has 1 fully saturated rings. The number of ether oxygens (including phenoxy) is 1. The first kappa shape index (κ1) is 21.3. The second-order valence-corrected chi connectivity index (χ2v) is 9.80. The minimum absolute atomic E-state index is 0.149. The Balaban J connectivity index is 1.50. The Labute approximate surface area is 181 Å². The molecular weight excluding hydrogens is 421 g/mol. The number of carbonyl (C=O) groups excluding carboxylic acids is 1. The zero-order chi connectivity index (χ0) is 22.2. The van der Waals surface area contributed by atoms with Gasteiger partial charge in [-0.15, -0.1) is 4.40 Å². The number of hydrogen-bond donors (Lipinski definition) is 1. The predicted molar refractivity (Wildman–Crippen MR) is 115 cm³/mol. The molecule has 2 aliphatic rings. The number of amidine groups is 1. The normalized spacial score (nSPS) is 20.3. The average Bonchev–Trinajstić information content (AvgIpc) is 2.74. The highest BCUT2D eigenvalue weighted by Gasteiger charge is 2.38. The van der Waals surface area contributed by atoms with Gasteiger partial charge in [-0.3, -0.25) is 4.79 Å². The zero-order valence-electron chi connectivity index (χ0n) is 17.3. The van der Waals surface area contributed by atoms with Crippen molar-refractivity contribution in [3.05, 3.63) is 54.3 Å². The summed E-state index contributed by atoms with van der Waals surface area (Å²) in [5.74, 6) is -0.0842. The van der Waals surface area contributed by atoms with Crippen molar-refractivity contribution in [1.82, 2.24) is 4.90 Å². The molecule has 2 aromatic rings. The van der Waals surface area contributed by atoms with Gasteiger partial charge in [-0.05, 0) is 63.1 Å². The molecule has 4 rings (SSSR count). The molecule has 0 saturated carbocycles. The van der Waals surface area contributed by atoms with Crippen molar-refractivity contribution < 1.29 is 22.3 Å². The van der Waals surface area contributed by atoms with Gasteiger partial charge in [-0.1, -0.05) is 12.1 Å². The monoisotopic (exact) mass is 445 g/mol. The highest BCUT2D eigenvalue weighted by atomic mass is 32.2. The molecule has 0 spiro atoms. The number of fused-ring (bicyclic) bond motifs is 1. The second-order valence-electron chi connectivity index (χ2n) is 8.23. The fraction of sp³-hybridized carbons (Fsp3) is 0.364. The van der Waals surface area contributed by atoms with Gasteiger partial charge in [0.15, 0.2) is 5.60 Å². The summed E-state index contributed by atoms with van der Waals surface area (Å²) >= 11 is 0. The van der Waals surface area contributed by atoms with Gasteiger partial charge in [0, 0.05) is 19.0 Å². The number of halogens is 1. The molecule has 2 heterocycles. The Morgan fingerprint density at radius 2 is 1.90 bits per heavy atom. The van der Waals surface area contributed by atoms with Crippen LogP contribution in [0.15, 0.2) is 57.8 Å². The molecule has 31 heavy (non-hydrogen) atoms. The summed E-state index contributed by atoms with van der Waals surface area (Å²) in [7, 11) is -3.78. The van der Waals surface area contributed by atoms with Crippen molar-refractivity contribution in [2.24, 2.45) is 10.3 Å². The molecule has 1 unspecified atom stereocenters. The van der Waals surface area contributed by atoms with Crippen LogP contribution in [0.25, 0.3) is 0 Å². The highest BCUT2D eigenvalue weighted by molar-refractivity contribution is 7.90. The first-order chi connectivity index (χ1) is 14.7.